The second kappa shape index (κ2) is 9.29. The summed E-state index contributed by atoms with van der Waals surface area (Å²) in [6.07, 6.45) is 4.48. The van der Waals surface area contributed by atoms with Crippen LogP contribution in [0.5, 0.6) is 5.75 Å². The van der Waals surface area contributed by atoms with Gasteiger partial charge in [-0.2, -0.15) is 0 Å². The predicted molar refractivity (Wildman–Crippen MR) is 134 cm³/mol. The third-order valence-corrected chi connectivity index (χ3v) is 6.73. The zero-order chi connectivity index (χ0) is 24.4. The van der Waals surface area contributed by atoms with Crippen LogP contribution in [0.2, 0.25) is 0 Å². The van der Waals surface area contributed by atoms with Crippen LogP contribution in [-0.2, 0) is 12.0 Å². The number of aromatic nitrogens is 1. The van der Waals surface area contributed by atoms with Crippen molar-refractivity contribution in [3.63, 3.8) is 0 Å². The van der Waals surface area contributed by atoms with Crippen LogP contribution in [0.3, 0.4) is 0 Å². The molecule has 176 valence electrons. The fourth-order valence-electron chi connectivity index (χ4n) is 5.20. The molecule has 0 unspecified atom stereocenters. The number of fused-ring (bicyclic) bond motifs is 1. The number of halogens is 1. The van der Waals surface area contributed by atoms with Crippen LogP contribution in [-0.4, -0.2) is 9.91 Å². The molecule has 0 N–H and O–H groups in total. The molecule has 0 atom stereocenters. The Balaban J connectivity index is 1.48. The lowest BCUT2D eigenvalue weighted by atomic mass is 9.55. The molecule has 5 rings (SSSR count). The van der Waals surface area contributed by atoms with Gasteiger partial charge in [-0.1, -0.05) is 49.4 Å². The Morgan fingerprint density at radius 1 is 1.09 bits per heavy atom. The first-order valence-electron chi connectivity index (χ1n) is 11.6. The molecular weight excluding hydrogens is 443 g/mol. The number of ether oxygens (including phenoxy) is 1. The zero-order valence-corrected chi connectivity index (χ0v) is 19.4. The molecular formula is C29H25FN2O3. The Labute approximate surface area is 203 Å². The number of nitro groups is 1. The zero-order valence-electron chi connectivity index (χ0n) is 19.4. The van der Waals surface area contributed by atoms with Gasteiger partial charge in [0.15, 0.2) is 0 Å². The average molecular weight is 469 g/mol. The van der Waals surface area contributed by atoms with Crippen molar-refractivity contribution in [1.82, 2.24) is 4.98 Å². The first-order chi connectivity index (χ1) is 16.9. The second-order valence-electron chi connectivity index (χ2n) is 9.24. The highest BCUT2D eigenvalue weighted by Crippen LogP contribution is 2.53. The van der Waals surface area contributed by atoms with E-state index in [1.54, 1.807) is 12.1 Å². The number of hydrogen-bond donors (Lipinski definition) is 0. The molecule has 35 heavy (non-hydrogen) atoms. The number of benzene rings is 3. The van der Waals surface area contributed by atoms with Crippen molar-refractivity contribution in [3.8, 4) is 5.75 Å². The number of nitrogens with zero attached hydrogens (tertiary/aromatic N) is 2. The van der Waals surface area contributed by atoms with Gasteiger partial charge in [0.2, 0.25) is 6.20 Å². The van der Waals surface area contributed by atoms with Crippen molar-refractivity contribution in [2.75, 3.05) is 0 Å². The summed E-state index contributed by atoms with van der Waals surface area (Å²) in [6, 6.07) is 24.2. The molecule has 5 nitrogen and oxygen atoms in total. The fourth-order valence-corrected chi connectivity index (χ4v) is 5.20. The van der Waals surface area contributed by atoms with Crippen LogP contribution in [0.1, 0.15) is 42.1 Å². The van der Waals surface area contributed by atoms with Crippen LogP contribution < -0.4 is 4.74 Å². The van der Waals surface area contributed by atoms with E-state index in [-0.39, 0.29) is 17.8 Å². The molecule has 0 radical (unpaired) electrons. The summed E-state index contributed by atoms with van der Waals surface area (Å²) < 4.78 is 19.6. The van der Waals surface area contributed by atoms with Gasteiger partial charge < -0.3 is 4.74 Å². The molecule has 3 aromatic carbocycles. The molecule has 1 aliphatic rings. The van der Waals surface area contributed by atoms with Gasteiger partial charge in [0.25, 0.3) is 0 Å². The lowest BCUT2D eigenvalue weighted by Gasteiger charge is -2.48. The van der Waals surface area contributed by atoms with Crippen molar-refractivity contribution in [1.29, 1.82) is 0 Å². The monoisotopic (exact) mass is 468 g/mol. The summed E-state index contributed by atoms with van der Waals surface area (Å²) in [6.45, 7) is 2.48. The maximum Gasteiger partial charge on any atom is 0.235 e. The van der Waals surface area contributed by atoms with Gasteiger partial charge in [-0.05, 0) is 71.8 Å². The third-order valence-electron chi connectivity index (χ3n) is 6.73. The normalized spacial score (nSPS) is 19.5. The quantitative estimate of drug-likeness (QED) is 0.218. The van der Waals surface area contributed by atoms with Crippen LogP contribution in [0.4, 0.5) is 4.39 Å². The molecule has 1 aromatic heterocycles. The molecule has 0 aliphatic heterocycles. The lowest BCUT2D eigenvalue weighted by Crippen LogP contribution is -2.41. The summed E-state index contributed by atoms with van der Waals surface area (Å²) in [7, 11) is 0. The van der Waals surface area contributed by atoms with Crippen LogP contribution in [0.25, 0.3) is 17.0 Å². The van der Waals surface area contributed by atoms with Crippen LogP contribution >= 0.6 is 0 Å². The van der Waals surface area contributed by atoms with E-state index in [0.29, 0.717) is 17.2 Å². The summed E-state index contributed by atoms with van der Waals surface area (Å²) >= 11 is 0. The predicted octanol–water partition coefficient (Wildman–Crippen LogP) is 6.92. The summed E-state index contributed by atoms with van der Waals surface area (Å²) in [5.74, 6) is 0.938. The van der Waals surface area contributed by atoms with Gasteiger partial charge in [-0.3, -0.25) is 10.1 Å². The molecule has 0 bridgehead atoms. The van der Waals surface area contributed by atoms with E-state index in [1.807, 2.05) is 48.5 Å². The van der Waals surface area contributed by atoms with Crippen LogP contribution in [0, 0.1) is 21.8 Å². The second-order valence-corrected chi connectivity index (χ2v) is 9.24. The van der Waals surface area contributed by atoms with E-state index in [4.69, 9.17) is 4.74 Å². The van der Waals surface area contributed by atoms with Crippen LogP contribution in [0.15, 0.2) is 85.1 Å². The molecule has 0 amide bonds. The first kappa shape index (κ1) is 22.7. The Morgan fingerprint density at radius 2 is 1.89 bits per heavy atom. The number of rotatable bonds is 7. The summed E-state index contributed by atoms with van der Waals surface area (Å²) in [5.41, 5.74) is 4.27. The molecule has 1 heterocycles. The fraction of sp³-hybridized carbons (Fsp3) is 0.207. The molecule has 4 aromatic rings. The maximum absolute atomic E-state index is 13.5. The van der Waals surface area contributed by atoms with Crippen molar-refractivity contribution in [2.24, 2.45) is 5.92 Å². The van der Waals surface area contributed by atoms with E-state index < -0.39 is 4.92 Å². The third kappa shape index (κ3) is 4.64. The summed E-state index contributed by atoms with van der Waals surface area (Å²) in [5, 5.41) is 11.8. The number of hydrogen-bond acceptors (Lipinski definition) is 4. The molecule has 1 aliphatic carbocycles. The minimum absolute atomic E-state index is 0.221. The van der Waals surface area contributed by atoms with E-state index in [0.717, 1.165) is 41.2 Å². The first-order valence-corrected chi connectivity index (χ1v) is 11.6. The van der Waals surface area contributed by atoms with Crippen molar-refractivity contribution in [2.45, 2.75) is 31.8 Å². The van der Waals surface area contributed by atoms with Gasteiger partial charge >= 0.3 is 0 Å². The van der Waals surface area contributed by atoms with E-state index in [1.165, 1.54) is 17.7 Å². The van der Waals surface area contributed by atoms with Gasteiger partial charge in [-0.25, -0.2) is 9.37 Å². The van der Waals surface area contributed by atoms with E-state index in [2.05, 4.69) is 24.0 Å². The Kier molecular flexibility index (Phi) is 6.03. The van der Waals surface area contributed by atoms with Gasteiger partial charge in [0.1, 0.15) is 18.2 Å². The average Bonchev–Trinajstić information content (AvgIpc) is 2.85. The van der Waals surface area contributed by atoms with Crippen molar-refractivity contribution < 1.29 is 14.1 Å². The Bertz CT molecular complexity index is 1410. The number of pyridine rings is 1. The largest absolute Gasteiger partial charge is 0.487 e. The molecule has 1 saturated carbocycles. The van der Waals surface area contributed by atoms with E-state index >= 15 is 0 Å². The standard InChI is InChI=1S/C29H25FN2O3/c1-20-17-29(18-20,23-5-3-2-4-6-23)27-16-26(11-8-21(27)13-14-32(33)34)35-19-25-10-7-22-15-24(30)9-12-28(22)31-25/h2-16,20H,17-19H2,1H3/b14-13+. The topological polar surface area (TPSA) is 65.3 Å². The highest BCUT2D eigenvalue weighted by Gasteiger charge is 2.45. The lowest BCUT2D eigenvalue weighted by molar-refractivity contribution is -0.400. The molecule has 1 fully saturated rings. The minimum Gasteiger partial charge on any atom is -0.487 e. The van der Waals surface area contributed by atoms with Crippen molar-refractivity contribution >= 4 is 17.0 Å². The highest BCUT2D eigenvalue weighted by molar-refractivity contribution is 5.78. The minimum atomic E-state index is -0.440. The molecule has 0 saturated heterocycles. The Hall–Kier alpha value is -4.06. The SMILES string of the molecule is CC1CC(c2ccccc2)(c2cc(OCc3ccc4cc(F)ccc4n3)ccc2/C=C/[N+](=O)[O-])C1. The molecule has 0 spiro atoms. The van der Waals surface area contributed by atoms with Gasteiger partial charge in [0, 0.05) is 16.9 Å². The van der Waals surface area contributed by atoms with Crippen molar-refractivity contribution in [3.05, 3.63) is 123 Å². The van der Waals surface area contributed by atoms with E-state index in [9.17, 15) is 14.5 Å². The van der Waals surface area contributed by atoms with Gasteiger partial charge in [-0.15, -0.1) is 0 Å². The highest BCUT2D eigenvalue weighted by atomic mass is 19.1. The summed E-state index contributed by atoms with van der Waals surface area (Å²) in [4.78, 5) is 15.2. The molecule has 6 heteroatoms. The maximum atomic E-state index is 13.5. The van der Waals surface area contributed by atoms with Gasteiger partial charge in [0.05, 0.1) is 16.1 Å². The Morgan fingerprint density at radius 3 is 2.63 bits per heavy atom. The smallest absolute Gasteiger partial charge is 0.235 e.